The van der Waals surface area contributed by atoms with E-state index in [1.54, 1.807) is 14.0 Å². The van der Waals surface area contributed by atoms with Crippen molar-refractivity contribution in [3.8, 4) is 0 Å². The van der Waals surface area contributed by atoms with E-state index in [0.29, 0.717) is 18.1 Å². The molecule has 1 atom stereocenters. The number of aromatic nitrogens is 2. The molecule has 0 bridgehead atoms. The van der Waals surface area contributed by atoms with Crippen molar-refractivity contribution >= 4 is 5.78 Å². The van der Waals surface area contributed by atoms with Crippen LogP contribution in [-0.2, 0) is 15.1 Å². The fourth-order valence-electron chi connectivity index (χ4n) is 2.66. The van der Waals surface area contributed by atoms with Gasteiger partial charge in [-0.15, -0.1) is 0 Å². The van der Waals surface area contributed by atoms with Gasteiger partial charge < -0.3 is 9.26 Å². The topological polar surface area (TPSA) is 65.2 Å². The first-order valence-corrected chi connectivity index (χ1v) is 6.52. The van der Waals surface area contributed by atoms with Crippen LogP contribution in [0.5, 0.6) is 0 Å². The molecule has 5 heteroatoms. The Morgan fingerprint density at radius 1 is 1.50 bits per heavy atom. The Kier molecular flexibility index (Phi) is 3.80. The van der Waals surface area contributed by atoms with Crippen LogP contribution in [0.15, 0.2) is 4.52 Å². The van der Waals surface area contributed by atoms with Crippen LogP contribution >= 0.6 is 0 Å². The Balaban J connectivity index is 2.26. The molecule has 1 aliphatic carbocycles. The lowest BCUT2D eigenvalue weighted by molar-refractivity contribution is -0.119. The predicted molar refractivity (Wildman–Crippen MR) is 65.2 cm³/mol. The molecule has 0 N–H and O–H groups in total. The number of carbonyl (C=O) groups excluding carboxylic acids is 1. The molecule has 100 valence electrons. The molecule has 0 saturated heterocycles. The molecular weight excluding hydrogens is 232 g/mol. The number of nitrogens with zero attached hydrogens (tertiary/aromatic N) is 2. The van der Waals surface area contributed by atoms with E-state index >= 15 is 0 Å². The Labute approximate surface area is 107 Å². The molecule has 1 unspecified atom stereocenters. The van der Waals surface area contributed by atoms with Crippen LogP contribution < -0.4 is 0 Å². The Hall–Kier alpha value is -1.23. The van der Waals surface area contributed by atoms with Gasteiger partial charge in [0.2, 0.25) is 11.7 Å². The molecule has 1 fully saturated rings. The number of hydrogen-bond donors (Lipinski definition) is 0. The highest BCUT2D eigenvalue weighted by molar-refractivity contribution is 5.82. The second-order valence-electron chi connectivity index (χ2n) is 4.93. The number of methoxy groups -OCH3 is 1. The summed E-state index contributed by atoms with van der Waals surface area (Å²) in [6.45, 7) is 3.50. The maximum absolute atomic E-state index is 11.5. The third-order valence-electron chi connectivity index (χ3n) is 3.85. The quantitative estimate of drug-likeness (QED) is 0.805. The van der Waals surface area contributed by atoms with Gasteiger partial charge in [0, 0.05) is 7.11 Å². The Morgan fingerprint density at radius 2 is 2.17 bits per heavy atom. The van der Waals surface area contributed by atoms with Gasteiger partial charge in [0.25, 0.3) is 0 Å². The smallest absolute Gasteiger partial charge is 0.237 e. The van der Waals surface area contributed by atoms with Crippen molar-refractivity contribution in [1.29, 1.82) is 0 Å². The number of carbonyl (C=O) groups is 1. The van der Waals surface area contributed by atoms with Gasteiger partial charge in [-0.25, -0.2) is 0 Å². The van der Waals surface area contributed by atoms with Crippen molar-refractivity contribution in [3.05, 3.63) is 11.7 Å². The Morgan fingerprint density at radius 3 is 2.67 bits per heavy atom. The van der Waals surface area contributed by atoms with Crippen molar-refractivity contribution in [2.75, 3.05) is 7.11 Å². The largest absolute Gasteiger partial charge is 0.370 e. The summed E-state index contributed by atoms with van der Waals surface area (Å²) < 4.78 is 10.9. The van der Waals surface area contributed by atoms with Crippen LogP contribution in [0.25, 0.3) is 0 Å². The van der Waals surface area contributed by atoms with Crippen LogP contribution in [0.4, 0.5) is 0 Å². The van der Waals surface area contributed by atoms with Crippen molar-refractivity contribution in [3.63, 3.8) is 0 Å². The molecule has 5 nitrogen and oxygen atoms in total. The van der Waals surface area contributed by atoms with Crippen LogP contribution in [0, 0.1) is 0 Å². The van der Waals surface area contributed by atoms with E-state index in [2.05, 4.69) is 10.1 Å². The fraction of sp³-hybridized carbons (Fsp3) is 0.769. The van der Waals surface area contributed by atoms with Crippen LogP contribution in [0.3, 0.4) is 0 Å². The lowest BCUT2D eigenvalue weighted by Crippen LogP contribution is -2.26. The molecule has 1 saturated carbocycles. The van der Waals surface area contributed by atoms with Crippen molar-refractivity contribution in [2.45, 2.75) is 57.5 Å². The first-order chi connectivity index (χ1) is 8.63. The molecule has 18 heavy (non-hydrogen) atoms. The highest BCUT2D eigenvalue weighted by atomic mass is 16.5. The molecule has 1 aromatic heterocycles. The average Bonchev–Trinajstić information content (AvgIpc) is 2.98. The zero-order valence-electron chi connectivity index (χ0n) is 11.2. The molecule has 1 aromatic rings. The first-order valence-electron chi connectivity index (χ1n) is 6.52. The lowest BCUT2D eigenvalue weighted by atomic mass is 10.0. The second-order valence-corrected chi connectivity index (χ2v) is 4.93. The third kappa shape index (κ3) is 2.19. The van der Waals surface area contributed by atoms with Gasteiger partial charge in [-0.2, -0.15) is 4.98 Å². The van der Waals surface area contributed by atoms with Gasteiger partial charge in [-0.1, -0.05) is 12.1 Å². The third-order valence-corrected chi connectivity index (χ3v) is 3.85. The predicted octanol–water partition coefficient (Wildman–Crippen LogP) is 2.57. The minimum atomic E-state index is -0.406. The van der Waals surface area contributed by atoms with Gasteiger partial charge >= 0.3 is 0 Å². The van der Waals surface area contributed by atoms with Crippen molar-refractivity contribution in [1.82, 2.24) is 10.1 Å². The summed E-state index contributed by atoms with van der Waals surface area (Å²) in [6, 6.07) is 0. The summed E-state index contributed by atoms with van der Waals surface area (Å²) >= 11 is 0. The second kappa shape index (κ2) is 5.18. The van der Waals surface area contributed by atoms with E-state index in [0.717, 1.165) is 25.7 Å². The zero-order valence-corrected chi connectivity index (χ0v) is 11.2. The standard InChI is InChI=1S/C13H20N2O3/c1-4-10(9(2)16)11-14-12(15-18-11)13(17-3)7-5-6-8-13/h10H,4-8H2,1-3H3. The van der Waals surface area contributed by atoms with Gasteiger partial charge in [-0.3, -0.25) is 4.79 Å². The van der Waals surface area contributed by atoms with Crippen LogP contribution in [-0.4, -0.2) is 23.0 Å². The normalized spacial score (nSPS) is 19.9. The van der Waals surface area contributed by atoms with Gasteiger partial charge in [0.15, 0.2) is 0 Å². The van der Waals surface area contributed by atoms with Crippen LogP contribution in [0.1, 0.15) is 63.6 Å². The maximum atomic E-state index is 11.5. The van der Waals surface area contributed by atoms with E-state index in [-0.39, 0.29) is 11.7 Å². The zero-order chi connectivity index (χ0) is 13.2. The van der Waals surface area contributed by atoms with E-state index in [1.165, 1.54) is 0 Å². The van der Waals surface area contributed by atoms with Crippen molar-refractivity contribution in [2.24, 2.45) is 0 Å². The summed E-state index contributed by atoms with van der Waals surface area (Å²) in [6.07, 6.45) is 4.73. The number of rotatable bonds is 5. The number of ketones is 1. The van der Waals surface area contributed by atoms with E-state index in [9.17, 15) is 4.79 Å². The molecule has 0 radical (unpaired) electrons. The van der Waals surface area contributed by atoms with E-state index in [4.69, 9.17) is 9.26 Å². The lowest BCUT2D eigenvalue weighted by Gasteiger charge is -2.22. The number of hydrogen-bond acceptors (Lipinski definition) is 5. The van der Waals surface area contributed by atoms with E-state index in [1.807, 2.05) is 6.92 Å². The summed E-state index contributed by atoms with van der Waals surface area (Å²) in [4.78, 5) is 15.9. The molecule has 0 aromatic carbocycles. The monoisotopic (exact) mass is 252 g/mol. The number of ether oxygens (including phenoxy) is 1. The average molecular weight is 252 g/mol. The SMILES string of the molecule is CCC(C(C)=O)c1nc(C2(OC)CCCC2)no1. The molecule has 1 aliphatic rings. The van der Waals surface area contributed by atoms with Crippen molar-refractivity contribution < 1.29 is 14.1 Å². The summed E-state index contributed by atoms with van der Waals surface area (Å²) in [7, 11) is 1.68. The van der Waals surface area contributed by atoms with Gasteiger partial charge in [0.1, 0.15) is 11.4 Å². The molecule has 2 rings (SSSR count). The fourth-order valence-corrected chi connectivity index (χ4v) is 2.66. The minimum Gasteiger partial charge on any atom is -0.370 e. The first kappa shape index (κ1) is 13.2. The molecular formula is C13H20N2O3. The highest BCUT2D eigenvalue weighted by Gasteiger charge is 2.40. The summed E-state index contributed by atoms with van der Waals surface area (Å²) in [5.41, 5.74) is -0.406. The van der Waals surface area contributed by atoms with Gasteiger partial charge in [-0.05, 0) is 39.0 Å². The summed E-state index contributed by atoms with van der Waals surface area (Å²) in [5.74, 6) is 0.785. The minimum absolute atomic E-state index is 0.0607. The molecule has 0 aliphatic heterocycles. The maximum Gasteiger partial charge on any atom is 0.237 e. The molecule has 0 spiro atoms. The molecule has 1 heterocycles. The highest BCUT2D eigenvalue weighted by Crippen LogP contribution is 2.40. The summed E-state index contributed by atoms with van der Waals surface area (Å²) in [5, 5.41) is 4.03. The molecule has 0 amide bonds. The number of Topliss-reactive ketones (excluding diaryl/α,β-unsaturated/α-hetero) is 1. The van der Waals surface area contributed by atoms with Gasteiger partial charge in [0.05, 0.1) is 5.92 Å². The Bertz CT molecular complexity index is 422. The van der Waals surface area contributed by atoms with Crippen LogP contribution in [0.2, 0.25) is 0 Å². The van der Waals surface area contributed by atoms with E-state index < -0.39 is 5.60 Å².